The zero-order chi connectivity index (χ0) is 15.7. The van der Waals surface area contributed by atoms with Crippen molar-refractivity contribution in [3.8, 4) is 0 Å². The van der Waals surface area contributed by atoms with Crippen molar-refractivity contribution < 1.29 is 9.59 Å². The van der Waals surface area contributed by atoms with Gasteiger partial charge in [-0.3, -0.25) is 14.6 Å². The quantitative estimate of drug-likeness (QED) is 0.808. The number of fused-ring (bicyclic) bond motifs is 3. The van der Waals surface area contributed by atoms with Crippen LogP contribution in [0.3, 0.4) is 0 Å². The van der Waals surface area contributed by atoms with Crippen LogP contribution in [0.4, 0.5) is 0 Å². The van der Waals surface area contributed by atoms with Crippen molar-refractivity contribution in [3.63, 3.8) is 0 Å². The van der Waals surface area contributed by atoms with Gasteiger partial charge in [0.15, 0.2) is 5.78 Å². The van der Waals surface area contributed by atoms with Crippen LogP contribution in [0.1, 0.15) is 51.9 Å². The Bertz CT molecular complexity index is 542. The van der Waals surface area contributed by atoms with Gasteiger partial charge >= 0.3 is 0 Å². The van der Waals surface area contributed by atoms with Crippen LogP contribution in [0.5, 0.6) is 0 Å². The highest BCUT2D eigenvalue weighted by atomic mass is 16.2. The maximum atomic E-state index is 12.8. The topological polar surface area (TPSA) is 75.8 Å². The molecule has 1 amide bonds. The van der Waals surface area contributed by atoms with Crippen molar-refractivity contribution in [1.29, 1.82) is 0 Å². The Morgan fingerprint density at radius 1 is 1.23 bits per heavy atom. The summed E-state index contributed by atoms with van der Waals surface area (Å²) in [5, 5.41) is 0. The number of hydrogen-bond acceptors (Lipinski definition) is 4. The molecule has 0 aromatic rings. The van der Waals surface area contributed by atoms with E-state index in [0.29, 0.717) is 17.7 Å². The molecule has 0 spiro atoms. The minimum Gasteiger partial charge on any atom is -0.394 e. The summed E-state index contributed by atoms with van der Waals surface area (Å²) in [5.41, 5.74) is 8.32. The summed E-state index contributed by atoms with van der Waals surface area (Å²) in [4.78, 5) is 30.2. The molecular weight excluding hydrogens is 278 g/mol. The van der Waals surface area contributed by atoms with Crippen LogP contribution in [0.2, 0.25) is 0 Å². The van der Waals surface area contributed by atoms with Gasteiger partial charge in [0.05, 0.1) is 6.54 Å². The molecule has 4 rings (SSSR count). The van der Waals surface area contributed by atoms with Crippen LogP contribution in [-0.4, -0.2) is 41.4 Å². The van der Waals surface area contributed by atoms with Gasteiger partial charge in [0.25, 0.3) is 5.91 Å². The fourth-order valence-corrected chi connectivity index (χ4v) is 4.00. The third-order valence-electron chi connectivity index (χ3n) is 5.21. The molecule has 2 bridgehead atoms. The van der Waals surface area contributed by atoms with Crippen molar-refractivity contribution in [2.24, 2.45) is 16.6 Å². The zero-order valence-electron chi connectivity index (χ0n) is 13.3. The van der Waals surface area contributed by atoms with Crippen molar-refractivity contribution in [2.75, 3.05) is 13.1 Å². The predicted octanol–water partition coefficient (Wildman–Crippen LogP) is 1.81. The third-order valence-corrected chi connectivity index (χ3v) is 5.21. The highest BCUT2D eigenvalue weighted by Crippen LogP contribution is 2.36. The van der Waals surface area contributed by atoms with Crippen molar-refractivity contribution in [1.82, 2.24) is 4.90 Å². The Labute approximate surface area is 131 Å². The molecule has 2 saturated heterocycles. The van der Waals surface area contributed by atoms with E-state index in [1.54, 1.807) is 0 Å². The molecule has 4 aliphatic rings. The fraction of sp³-hybridized carbons (Fsp3) is 0.706. The first-order chi connectivity index (χ1) is 10.6. The van der Waals surface area contributed by atoms with Gasteiger partial charge in [-0.05, 0) is 57.8 Å². The third kappa shape index (κ3) is 2.94. The number of nitrogens with two attached hydrogens (primary N) is 1. The minimum atomic E-state index is -0.0122. The van der Waals surface area contributed by atoms with Crippen LogP contribution in [-0.2, 0) is 9.59 Å². The van der Waals surface area contributed by atoms with Crippen LogP contribution >= 0.6 is 0 Å². The SMILES string of the molecule is CC(=O)CN=C1CCC/C1=C(/N)C(=O)N1CC2CCC1CC2. The molecule has 2 aliphatic carbocycles. The van der Waals surface area contributed by atoms with Gasteiger partial charge in [-0.25, -0.2) is 0 Å². The summed E-state index contributed by atoms with van der Waals surface area (Å²) < 4.78 is 0. The number of carbonyl (C=O) groups is 2. The van der Waals surface area contributed by atoms with Gasteiger partial charge in [0, 0.05) is 23.9 Å². The molecule has 5 heteroatoms. The molecule has 4 fully saturated rings. The number of nitrogens with zero attached hydrogens (tertiary/aromatic N) is 2. The summed E-state index contributed by atoms with van der Waals surface area (Å²) in [6.07, 6.45) is 7.31. The molecule has 0 unspecified atom stereocenters. The molecule has 2 heterocycles. The van der Waals surface area contributed by atoms with Crippen LogP contribution in [0, 0.1) is 5.92 Å². The molecule has 0 aromatic heterocycles. The maximum Gasteiger partial charge on any atom is 0.270 e. The Balaban J connectivity index is 1.79. The van der Waals surface area contributed by atoms with E-state index in [-0.39, 0.29) is 18.2 Å². The normalized spacial score (nSPS) is 31.7. The number of amides is 1. The predicted molar refractivity (Wildman–Crippen MR) is 85.5 cm³/mol. The highest BCUT2D eigenvalue weighted by molar-refractivity contribution is 6.09. The van der Waals surface area contributed by atoms with E-state index in [4.69, 9.17) is 5.73 Å². The van der Waals surface area contributed by atoms with Gasteiger partial charge in [-0.15, -0.1) is 0 Å². The summed E-state index contributed by atoms with van der Waals surface area (Å²) >= 11 is 0. The van der Waals surface area contributed by atoms with Crippen molar-refractivity contribution in [3.05, 3.63) is 11.3 Å². The average Bonchev–Trinajstić information content (AvgIpc) is 3.01. The molecule has 0 atom stereocenters. The lowest BCUT2D eigenvalue weighted by Crippen LogP contribution is -2.52. The number of rotatable bonds is 3. The smallest absolute Gasteiger partial charge is 0.270 e. The van der Waals surface area contributed by atoms with E-state index in [1.807, 2.05) is 4.90 Å². The molecule has 0 radical (unpaired) electrons. The van der Waals surface area contributed by atoms with Crippen LogP contribution in [0.15, 0.2) is 16.3 Å². The number of allylic oxidation sites excluding steroid dienone is 1. The molecule has 5 nitrogen and oxygen atoms in total. The number of piperidine rings is 2. The monoisotopic (exact) mass is 303 g/mol. The van der Waals surface area contributed by atoms with Crippen molar-refractivity contribution >= 4 is 17.4 Å². The van der Waals surface area contributed by atoms with Gasteiger partial charge in [0.2, 0.25) is 0 Å². The first-order valence-electron chi connectivity index (χ1n) is 8.39. The second kappa shape index (κ2) is 6.23. The first kappa shape index (κ1) is 15.3. The van der Waals surface area contributed by atoms with Gasteiger partial charge in [0.1, 0.15) is 5.70 Å². The summed E-state index contributed by atoms with van der Waals surface area (Å²) in [7, 11) is 0. The largest absolute Gasteiger partial charge is 0.394 e. The number of carbonyl (C=O) groups excluding carboxylic acids is 2. The molecule has 22 heavy (non-hydrogen) atoms. The molecule has 2 N–H and O–H groups in total. The molecule has 120 valence electrons. The molecular formula is C17H25N3O2. The fourth-order valence-electron chi connectivity index (χ4n) is 4.00. The summed E-state index contributed by atoms with van der Waals surface area (Å²) in [6.45, 7) is 2.58. The van der Waals surface area contributed by atoms with Crippen LogP contribution in [0.25, 0.3) is 0 Å². The molecule has 0 aromatic carbocycles. The Kier molecular flexibility index (Phi) is 4.32. The Morgan fingerprint density at radius 3 is 2.55 bits per heavy atom. The lowest BCUT2D eigenvalue weighted by atomic mass is 9.80. The summed E-state index contributed by atoms with van der Waals surface area (Å²) in [5.74, 6) is 0.681. The second-order valence-corrected chi connectivity index (χ2v) is 6.84. The van der Waals surface area contributed by atoms with Crippen LogP contribution < -0.4 is 5.73 Å². The van der Waals surface area contributed by atoms with E-state index in [9.17, 15) is 9.59 Å². The second-order valence-electron chi connectivity index (χ2n) is 6.84. The van der Waals surface area contributed by atoms with Gasteiger partial charge < -0.3 is 10.6 Å². The van der Waals surface area contributed by atoms with E-state index in [2.05, 4.69) is 4.99 Å². The standard InChI is InChI=1S/C17H25N3O2/c1-11(21)9-19-15-4-2-3-14(15)16(18)17(22)20-10-12-5-7-13(20)8-6-12/h12-13H,2-10,18H2,1H3/b16-14-,19-15?. The lowest BCUT2D eigenvalue weighted by molar-refractivity contribution is -0.134. The Morgan fingerprint density at radius 2 is 1.95 bits per heavy atom. The highest BCUT2D eigenvalue weighted by Gasteiger charge is 2.37. The van der Waals surface area contributed by atoms with Gasteiger partial charge in [-0.2, -0.15) is 0 Å². The number of ketones is 1. The van der Waals surface area contributed by atoms with E-state index in [1.165, 1.54) is 19.8 Å². The number of aliphatic imine (C=N–C) groups is 1. The van der Waals surface area contributed by atoms with E-state index < -0.39 is 0 Å². The first-order valence-corrected chi connectivity index (χ1v) is 8.39. The number of hydrogen-bond donors (Lipinski definition) is 1. The minimum absolute atomic E-state index is 0.0122. The average molecular weight is 303 g/mol. The zero-order valence-corrected chi connectivity index (χ0v) is 13.3. The molecule has 2 saturated carbocycles. The van der Waals surface area contributed by atoms with E-state index >= 15 is 0 Å². The maximum absolute atomic E-state index is 12.8. The van der Waals surface area contributed by atoms with Gasteiger partial charge in [-0.1, -0.05) is 0 Å². The lowest BCUT2D eigenvalue weighted by Gasteiger charge is -2.45. The number of Topliss-reactive ketones (excluding diaryl/α,β-unsaturated/α-hetero) is 1. The summed E-state index contributed by atoms with van der Waals surface area (Å²) in [6, 6.07) is 0.371. The van der Waals surface area contributed by atoms with Crippen molar-refractivity contribution in [2.45, 2.75) is 57.9 Å². The molecule has 2 aliphatic heterocycles. The Hall–Kier alpha value is -1.65. The van der Waals surface area contributed by atoms with E-state index in [0.717, 1.165) is 49.9 Å².